The van der Waals surface area contributed by atoms with Gasteiger partial charge in [-0.15, -0.1) is 0 Å². The monoisotopic (exact) mass is 274 g/mol. The first-order chi connectivity index (χ1) is 9.42. The molecule has 106 valence electrons. The van der Waals surface area contributed by atoms with Gasteiger partial charge in [0.05, 0.1) is 6.07 Å². The molecule has 5 nitrogen and oxygen atoms in total. The number of carboxylic acid groups (broad SMARTS) is 1. The van der Waals surface area contributed by atoms with Crippen molar-refractivity contribution < 1.29 is 14.7 Å². The molecule has 0 spiro atoms. The predicted octanol–water partition coefficient (Wildman–Crippen LogP) is 1.48. The van der Waals surface area contributed by atoms with Crippen LogP contribution >= 0.6 is 0 Å². The van der Waals surface area contributed by atoms with E-state index >= 15 is 0 Å². The smallest absolute Gasteiger partial charge is 0.333 e. The van der Waals surface area contributed by atoms with Gasteiger partial charge in [0, 0.05) is 19.5 Å². The Morgan fingerprint density at radius 2 is 2.00 bits per heavy atom. The topological polar surface area (TPSA) is 81.4 Å². The number of hydrogen-bond acceptors (Lipinski definition) is 4. The fraction of sp³-hybridized carbons (Fsp3) is 0.400. The van der Waals surface area contributed by atoms with Gasteiger partial charge >= 0.3 is 5.97 Å². The van der Waals surface area contributed by atoms with Gasteiger partial charge in [0.1, 0.15) is 0 Å². The normalized spacial score (nSPS) is 22.4. The van der Waals surface area contributed by atoms with Crippen LogP contribution in [0.2, 0.25) is 0 Å². The van der Waals surface area contributed by atoms with Crippen molar-refractivity contribution in [2.75, 3.05) is 20.1 Å². The maximum Gasteiger partial charge on any atom is 0.333 e. The molecule has 1 N–H and O–H groups in total. The predicted molar refractivity (Wildman–Crippen MR) is 74.0 cm³/mol. The molecule has 1 aromatic rings. The number of hydrogen-bond donors (Lipinski definition) is 1. The fourth-order valence-corrected chi connectivity index (χ4v) is 1.94. The molecular formula is C15H18N2O3. The lowest BCUT2D eigenvalue weighted by atomic mass is 9.80. The van der Waals surface area contributed by atoms with Crippen LogP contribution in [-0.2, 0) is 9.59 Å². The van der Waals surface area contributed by atoms with Crippen LogP contribution in [0.5, 0.6) is 0 Å². The molecule has 1 unspecified atom stereocenters. The highest BCUT2D eigenvalue weighted by molar-refractivity contribution is 6.06. The van der Waals surface area contributed by atoms with E-state index in [1.807, 2.05) is 18.2 Å². The van der Waals surface area contributed by atoms with Crippen molar-refractivity contribution in [3.63, 3.8) is 0 Å². The lowest BCUT2D eigenvalue weighted by Gasteiger charge is -2.31. The van der Waals surface area contributed by atoms with Gasteiger partial charge in [-0.1, -0.05) is 35.9 Å². The maximum atomic E-state index is 11.3. The molecule has 0 saturated carbocycles. The number of rotatable bonds is 1. The van der Waals surface area contributed by atoms with Gasteiger partial charge in [0.15, 0.2) is 5.78 Å². The number of aliphatic carboxylic acids is 1. The summed E-state index contributed by atoms with van der Waals surface area (Å²) in [6.45, 7) is 2.59. The highest BCUT2D eigenvalue weighted by Gasteiger charge is 2.49. The third kappa shape index (κ3) is 3.65. The summed E-state index contributed by atoms with van der Waals surface area (Å²) in [4.78, 5) is 23.8. The van der Waals surface area contributed by atoms with Crippen LogP contribution in [0.1, 0.15) is 12.0 Å². The molecule has 0 amide bonds. The van der Waals surface area contributed by atoms with E-state index in [0.29, 0.717) is 6.54 Å². The minimum Gasteiger partial charge on any atom is -0.480 e. The highest BCUT2D eigenvalue weighted by Crippen LogP contribution is 2.25. The quantitative estimate of drug-likeness (QED) is 0.784. The van der Waals surface area contributed by atoms with Crippen molar-refractivity contribution in [2.24, 2.45) is 5.41 Å². The molecular weight excluding hydrogens is 256 g/mol. The molecule has 0 aliphatic carbocycles. The summed E-state index contributed by atoms with van der Waals surface area (Å²) >= 11 is 0. The Hall–Kier alpha value is -2.19. The summed E-state index contributed by atoms with van der Waals surface area (Å²) in [7, 11) is 1.70. The average Bonchev–Trinajstić information content (AvgIpc) is 2.43. The van der Waals surface area contributed by atoms with E-state index in [-0.39, 0.29) is 13.0 Å². The first-order valence-corrected chi connectivity index (χ1v) is 6.30. The summed E-state index contributed by atoms with van der Waals surface area (Å²) in [5.41, 5.74) is -0.519. The van der Waals surface area contributed by atoms with Crippen molar-refractivity contribution in [3.05, 3.63) is 35.9 Å². The number of aryl methyl sites for hydroxylation is 1. The molecule has 1 aromatic carbocycles. The molecule has 1 atom stereocenters. The minimum absolute atomic E-state index is 0.0162. The molecule has 1 aliphatic heterocycles. The number of piperidine rings is 1. The summed E-state index contributed by atoms with van der Waals surface area (Å²) in [6.07, 6.45) is 0.135. The Balaban J connectivity index is 0.000000240. The van der Waals surface area contributed by atoms with Gasteiger partial charge in [-0.2, -0.15) is 5.26 Å². The van der Waals surface area contributed by atoms with Crippen LogP contribution in [0.25, 0.3) is 0 Å². The van der Waals surface area contributed by atoms with Gasteiger partial charge in [0.2, 0.25) is 5.41 Å². The van der Waals surface area contributed by atoms with E-state index < -0.39 is 17.2 Å². The van der Waals surface area contributed by atoms with Crippen LogP contribution < -0.4 is 0 Å². The molecule has 20 heavy (non-hydrogen) atoms. The third-order valence-corrected chi connectivity index (χ3v) is 3.20. The van der Waals surface area contributed by atoms with Crippen molar-refractivity contribution in [1.29, 1.82) is 5.26 Å². The van der Waals surface area contributed by atoms with E-state index in [1.54, 1.807) is 18.0 Å². The largest absolute Gasteiger partial charge is 0.480 e. The zero-order chi connectivity index (χ0) is 15.2. The lowest BCUT2D eigenvalue weighted by Crippen LogP contribution is -2.51. The van der Waals surface area contributed by atoms with E-state index in [9.17, 15) is 9.59 Å². The Bertz CT molecular complexity index is 522. The number of Topliss-reactive ketones (excluding diaryl/α,β-unsaturated/α-hetero) is 1. The highest BCUT2D eigenvalue weighted by atomic mass is 16.4. The Labute approximate surface area is 118 Å². The SMILES string of the molecule is CN1CCC(=O)C(C#N)(C(=O)O)C1.Cc1ccccc1. The van der Waals surface area contributed by atoms with Gasteiger partial charge in [-0.25, -0.2) is 4.79 Å². The first kappa shape index (κ1) is 15.9. The van der Waals surface area contributed by atoms with E-state index in [1.165, 1.54) is 5.56 Å². The lowest BCUT2D eigenvalue weighted by molar-refractivity contribution is -0.153. The second kappa shape index (κ2) is 6.83. The van der Waals surface area contributed by atoms with Crippen LogP contribution in [0.15, 0.2) is 30.3 Å². The standard InChI is InChI=1S/C8H10N2O3.C7H8/c1-10-3-2-6(11)8(4-9,5-10)7(12)13;1-7-5-3-2-4-6-7/h2-3,5H2,1H3,(H,12,13);2-6H,1H3. The number of carbonyl (C=O) groups is 2. The molecule has 0 bridgehead atoms. The summed E-state index contributed by atoms with van der Waals surface area (Å²) < 4.78 is 0. The van der Waals surface area contributed by atoms with Crippen molar-refractivity contribution in [3.8, 4) is 6.07 Å². The van der Waals surface area contributed by atoms with Gasteiger partial charge in [0.25, 0.3) is 0 Å². The number of carboxylic acids is 1. The van der Waals surface area contributed by atoms with Crippen LogP contribution in [0, 0.1) is 23.7 Å². The molecule has 1 saturated heterocycles. The molecule has 5 heteroatoms. The van der Waals surface area contributed by atoms with Crippen LogP contribution in [0.4, 0.5) is 0 Å². The zero-order valence-corrected chi connectivity index (χ0v) is 11.7. The zero-order valence-electron chi connectivity index (χ0n) is 11.7. The van der Waals surface area contributed by atoms with E-state index in [0.717, 1.165) is 0 Å². The van der Waals surface area contributed by atoms with E-state index in [2.05, 4.69) is 19.1 Å². The Morgan fingerprint density at radius 3 is 2.35 bits per heavy atom. The number of carbonyl (C=O) groups excluding carboxylic acids is 1. The number of nitriles is 1. The van der Waals surface area contributed by atoms with Crippen LogP contribution in [-0.4, -0.2) is 41.9 Å². The average molecular weight is 274 g/mol. The minimum atomic E-state index is -1.84. The maximum absolute atomic E-state index is 11.3. The Kier molecular flexibility index (Phi) is 5.42. The van der Waals surface area contributed by atoms with Gasteiger partial charge in [-0.3, -0.25) is 4.79 Å². The third-order valence-electron chi connectivity index (χ3n) is 3.20. The van der Waals surface area contributed by atoms with Gasteiger partial charge in [-0.05, 0) is 14.0 Å². The van der Waals surface area contributed by atoms with Crippen LogP contribution in [0.3, 0.4) is 0 Å². The van der Waals surface area contributed by atoms with Gasteiger partial charge < -0.3 is 10.0 Å². The molecule has 2 rings (SSSR count). The van der Waals surface area contributed by atoms with E-state index in [4.69, 9.17) is 10.4 Å². The Morgan fingerprint density at radius 1 is 1.40 bits per heavy atom. The molecule has 1 fully saturated rings. The second-order valence-electron chi connectivity index (χ2n) is 4.89. The number of ketones is 1. The van der Waals surface area contributed by atoms with Crippen molar-refractivity contribution in [1.82, 2.24) is 4.90 Å². The van der Waals surface area contributed by atoms with Crippen molar-refractivity contribution >= 4 is 11.8 Å². The fourth-order valence-electron chi connectivity index (χ4n) is 1.94. The second-order valence-corrected chi connectivity index (χ2v) is 4.89. The number of nitrogens with zero attached hydrogens (tertiary/aromatic N) is 2. The number of likely N-dealkylation sites (tertiary alicyclic amines) is 1. The summed E-state index contributed by atoms with van der Waals surface area (Å²) in [6, 6.07) is 11.9. The van der Waals surface area contributed by atoms with Crippen molar-refractivity contribution in [2.45, 2.75) is 13.3 Å². The molecule has 1 heterocycles. The number of benzene rings is 1. The summed E-state index contributed by atoms with van der Waals surface area (Å²) in [5, 5.41) is 17.5. The summed E-state index contributed by atoms with van der Waals surface area (Å²) in [5.74, 6) is -1.83. The molecule has 0 radical (unpaired) electrons. The molecule has 1 aliphatic rings. The molecule has 0 aromatic heterocycles. The first-order valence-electron chi connectivity index (χ1n) is 6.30.